The lowest BCUT2D eigenvalue weighted by Crippen LogP contribution is -2.41. The van der Waals surface area contributed by atoms with Crippen LogP contribution in [-0.4, -0.2) is 18.4 Å². The number of hydrazine groups is 1. The predicted molar refractivity (Wildman–Crippen MR) is 101 cm³/mol. The van der Waals surface area contributed by atoms with Gasteiger partial charge in [0, 0.05) is 9.65 Å². The molecule has 2 rings (SSSR count). The summed E-state index contributed by atoms with van der Waals surface area (Å²) in [5, 5.41) is 0. The summed E-state index contributed by atoms with van der Waals surface area (Å²) in [5.74, 6) is 0.00909. The molecule has 0 unspecified atom stereocenters. The summed E-state index contributed by atoms with van der Waals surface area (Å²) in [6.45, 7) is 2.53. The average molecular weight is 436 g/mol. The Morgan fingerprint density at radius 1 is 1.08 bits per heavy atom. The zero-order valence-electron chi connectivity index (χ0n) is 13.1. The maximum absolute atomic E-state index is 12.0. The molecule has 2 N–H and O–H groups in total. The highest BCUT2D eigenvalue weighted by atomic mass is 127. The Bertz CT molecular complexity index is 742. The molecule has 0 saturated carbocycles. The number of rotatable bonds is 5. The fourth-order valence-electron chi connectivity index (χ4n) is 1.89. The number of benzene rings is 2. The molecule has 0 aromatic heterocycles. The van der Waals surface area contributed by atoms with Crippen molar-refractivity contribution in [2.75, 3.05) is 6.61 Å². The van der Waals surface area contributed by atoms with Crippen LogP contribution in [0.3, 0.4) is 0 Å². The summed E-state index contributed by atoms with van der Waals surface area (Å²) < 4.78 is 6.16. The smallest absolute Gasteiger partial charge is 0.270 e. The van der Waals surface area contributed by atoms with Gasteiger partial charge in [0.1, 0.15) is 5.75 Å². The summed E-state index contributed by atoms with van der Waals surface area (Å²) >= 11 is 2.07. The van der Waals surface area contributed by atoms with Crippen LogP contribution in [-0.2, 0) is 4.79 Å². The van der Waals surface area contributed by atoms with Crippen LogP contribution in [0.4, 0.5) is 0 Å². The Morgan fingerprint density at radius 3 is 2.46 bits per heavy atom. The van der Waals surface area contributed by atoms with Crippen LogP contribution in [0, 0.1) is 3.57 Å². The minimum atomic E-state index is -0.414. The van der Waals surface area contributed by atoms with Crippen molar-refractivity contribution in [2.24, 2.45) is 0 Å². The molecule has 0 aliphatic heterocycles. The number of hydrogen-bond donors (Lipinski definition) is 2. The molecule has 5 nitrogen and oxygen atoms in total. The van der Waals surface area contributed by atoms with Gasteiger partial charge < -0.3 is 4.74 Å². The van der Waals surface area contributed by atoms with Crippen molar-refractivity contribution in [3.63, 3.8) is 0 Å². The van der Waals surface area contributed by atoms with Gasteiger partial charge in [-0.1, -0.05) is 24.3 Å². The second-order valence-electron chi connectivity index (χ2n) is 4.76. The standard InChI is InChI=1S/C18H17IN2O3/c1-2-24-14-10-7-13(8-11-14)9-12-17(22)20-21-18(23)15-5-3-4-6-16(15)19/h3-12H,2H2,1H3,(H,20,22)(H,21,23)/b12-9+. The lowest BCUT2D eigenvalue weighted by Gasteiger charge is -2.06. The number of ether oxygens (including phenoxy) is 1. The zero-order valence-corrected chi connectivity index (χ0v) is 15.2. The molecule has 0 saturated heterocycles. The van der Waals surface area contributed by atoms with Crippen LogP contribution < -0.4 is 15.6 Å². The first-order chi connectivity index (χ1) is 11.6. The molecule has 24 heavy (non-hydrogen) atoms. The van der Waals surface area contributed by atoms with Gasteiger partial charge in [0.25, 0.3) is 11.8 Å². The van der Waals surface area contributed by atoms with Crippen molar-refractivity contribution in [1.29, 1.82) is 0 Å². The van der Waals surface area contributed by atoms with Crippen LogP contribution in [0.2, 0.25) is 0 Å². The van der Waals surface area contributed by atoms with Crippen molar-refractivity contribution in [3.05, 3.63) is 69.3 Å². The maximum atomic E-state index is 12.0. The first-order valence-corrected chi connectivity index (χ1v) is 8.44. The van der Waals surface area contributed by atoms with Crippen molar-refractivity contribution >= 4 is 40.5 Å². The molecule has 0 heterocycles. The van der Waals surface area contributed by atoms with Crippen LogP contribution in [0.5, 0.6) is 5.75 Å². The Hall–Kier alpha value is -2.35. The first-order valence-electron chi connectivity index (χ1n) is 7.36. The monoisotopic (exact) mass is 436 g/mol. The van der Waals surface area contributed by atoms with Gasteiger partial charge in [0.05, 0.1) is 12.2 Å². The Labute approximate surface area is 154 Å². The van der Waals surface area contributed by atoms with Gasteiger partial charge in [-0.05, 0) is 65.4 Å². The quantitative estimate of drug-likeness (QED) is 0.430. The van der Waals surface area contributed by atoms with Crippen molar-refractivity contribution in [2.45, 2.75) is 6.92 Å². The molecule has 0 spiro atoms. The topological polar surface area (TPSA) is 67.4 Å². The van der Waals surface area contributed by atoms with Crippen LogP contribution >= 0.6 is 22.6 Å². The van der Waals surface area contributed by atoms with Gasteiger partial charge in [-0.25, -0.2) is 0 Å². The predicted octanol–water partition coefficient (Wildman–Crippen LogP) is 3.16. The Balaban J connectivity index is 1.86. The van der Waals surface area contributed by atoms with Gasteiger partial charge in [-0.3, -0.25) is 20.4 Å². The van der Waals surface area contributed by atoms with Crippen molar-refractivity contribution < 1.29 is 14.3 Å². The molecule has 0 fully saturated rings. The van der Waals surface area contributed by atoms with E-state index in [9.17, 15) is 9.59 Å². The molecular formula is C18H17IN2O3. The highest BCUT2D eigenvalue weighted by Gasteiger charge is 2.08. The van der Waals surface area contributed by atoms with Gasteiger partial charge in [0.15, 0.2) is 0 Å². The molecule has 0 aliphatic rings. The number of hydrogen-bond acceptors (Lipinski definition) is 3. The van der Waals surface area contributed by atoms with E-state index >= 15 is 0 Å². The van der Waals surface area contributed by atoms with Crippen molar-refractivity contribution in [1.82, 2.24) is 10.9 Å². The summed E-state index contributed by atoms with van der Waals surface area (Å²) in [6.07, 6.45) is 3.01. The van der Waals surface area contributed by atoms with Crippen LogP contribution in [0.15, 0.2) is 54.6 Å². The summed E-state index contributed by atoms with van der Waals surface area (Å²) in [6, 6.07) is 14.5. The van der Waals surface area contributed by atoms with E-state index in [2.05, 4.69) is 33.4 Å². The number of carbonyl (C=O) groups excluding carboxylic acids is 2. The normalized spacial score (nSPS) is 10.4. The molecule has 2 aromatic rings. The second kappa shape index (κ2) is 9.07. The maximum Gasteiger partial charge on any atom is 0.270 e. The van der Waals surface area contributed by atoms with E-state index in [1.54, 1.807) is 18.2 Å². The van der Waals surface area contributed by atoms with E-state index in [1.807, 2.05) is 43.3 Å². The van der Waals surface area contributed by atoms with E-state index in [-0.39, 0.29) is 5.91 Å². The lowest BCUT2D eigenvalue weighted by molar-refractivity contribution is -0.117. The van der Waals surface area contributed by atoms with E-state index < -0.39 is 5.91 Å². The summed E-state index contributed by atoms with van der Waals surface area (Å²) in [7, 11) is 0. The fraction of sp³-hybridized carbons (Fsp3) is 0.111. The second-order valence-corrected chi connectivity index (χ2v) is 5.92. The zero-order chi connectivity index (χ0) is 17.4. The van der Waals surface area contributed by atoms with Crippen LogP contribution in [0.1, 0.15) is 22.8 Å². The highest BCUT2D eigenvalue weighted by Crippen LogP contribution is 2.13. The summed E-state index contributed by atoms with van der Waals surface area (Å²) in [5.41, 5.74) is 6.11. The molecule has 0 atom stereocenters. The van der Waals surface area contributed by atoms with Crippen LogP contribution in [0.25, 0.3) is 6.08 Å². The van der Waals surface area contributed by atoms with Gasteiger partial charge in [-0.15, -0.1) is 0 Å². The molecule has 0 bridgehead atoms. The molecular weight excluding hydrogens is 419 g/mol. The van der Waals surface area contributed by atoms with Crippen molar-refractivity contribution in [3.8, 4) is 5.75 Å². The minimum Gasteiger partial charge on any atom is -0.494 e. The highest BCUT2D eigenvalue weighted by molar-refractivity contribution is 14.1. The molecule has 0 aliphatic carbocycles. The van der Waals surface area contributed by atoms with E-state index in [0.29, 0.717) is 12.2 Å². The molecule has 0 radical (unpaired) electrons. The third kappa shape index (κ3) is 5.38. The Morgan fingerprint density at radius 2 is 1.79 bits per heavy atom. The molecule has 124 valence electrons. The van der Waals surface area contributed by atoms with Gasteiger partial charge >= 0.3 is 0 Å². The summed E-state index contributed by atoms with van der Waals surface area (Å²) in [4.78, 5) is 23.7. The third-order valence-corrected chi connectivity index (χ3v) is 3.98. The van der Waals surface area contributed by atoms with Gasteiger partial charge in [-0.2, -0.15) is 0 Å². The minimum absolute atomic E-state index is 0.359. The molecule has 6 heteroatoms. The van der Waals surface area contributed by atoms with E-state index in [0.717, 1.165) is 14.9 Å². The Kier molecular flexibility index (Phi) is 6.80. The SMILES string of the molecule is CCOc1ccc(/C=C/C(=O)NNC(=O)c2ccccc2I)cc1. The number of halogens is 1. The largest absolute Gasteiger partial charge is 0.494 e. The lowest BCUT2D eigenvalue weighted by atomic mass is 10.2. The number of carbonyl (C=O) groups is 2. The number of nitrogens with one attached hydrogen (secondary N) is 2. The van der Waals surface area contributed by atoms with E-state index in [1.165, 1.54) is 6.08 Å². The third-order valence-electron chi connectivity index (χ3n) is 3.04. The average Bonchev–Trinajstić information content (AvgIpc) is 2.60. The fourth-order valence-corrected chi connectivity index (χ4v) is 2.52. The molecule has 2 aromatic carbocycles. The van der Waals surface area contributed by atoms with Gasteiger partial charge in [0.2, 0.25) is 0 Å². The number of amides is 2. The first kappa shape index (κ1) is 18.0. The van der Waals surface area contributed by atoms with E-state index in [4.69, 9.17) is 4.74 Å². The molecule has 2 amide bonds.